The summed E-state index contributed by atoms with van der Waals surface area (Å²) in [6, 6.07) is 18.1. The predicted octanol–water partition coefficient (Wildman–Crippen LogP) is 5.64. The lowest BCUT2D eigenvalue weighted by atomic mass is 9.51. The Morgan fingerprint density at radius 1 is 0.765 bits per heavy atom. The SMILES string of the molecule is CC(C)CC(C(=O)OCc1ccccc1)(C(=O)OCc1ccccc1)[C@@](C)(C(=O)O)C(C)(C)C. The van der Waals surface area contributed by atoms with Crippen molar-refractivity contribution in [3.05, 3.63) is 71.8 Å². The molecule has 34 heavy (non-hydrogen) atoms. The van der Waals surface area contributed by atoms with Crippen LogP contribution in [-0.4, -0.2) is 23.0 Å². The van der Waals surface area contributed by atoms with Gasteiger partial charge in [0.15, 0.2) is 5.41 Å². The van der Waals surface area contributed by atoms with Gasteiger partial charge in [0.05, 0.1) is 5.41 Å². The first-order valence-corrected chi connectivity index (χ1v) is 11.5. The van der Waals surface area contributed by atoms with Crippen LogP contribution in [0.3, 0.4) is 0 Å². The third-order valence-electron chi connectivity index (χ3n) is 6.62. The lowest BCUT2D eigenvalue weighted by Crippen LogP contribution is -2.62. The second kappa shape index (κ2) is 10.9. The molecular weight excluding hydrogens is 432 g/mol. The molecule has 6 nitrogen and oxygen atoms in total. The third kappa shape index (κ3) is 5.49. The average molecular weight is 469 g/mol. The largest absolute Gasteiger partial charge is 0.481 e. The standard InChI is InChI=1S/C28H36O6/c1-20(2)17-28(27(6,23(29)30)26(3,4)5,24(31)33-18-21-13-9-7-10-14-21)25(32)34-19-22-15-11-8-12-16-22/h7-16,20H,17-19H2,1-6H3,(H,29,30)/t27-/m0/s1. The maximum Gasteiger partial charge on any atom is 0.325 e. The molecule has 1 N–H and O–H groups in total. The van der Waals surface area contributed by atoms with Crippen molar-refractivity contribution in [3.8, 4) is 0 Å². The predicted molar refractivity (Wildman–Crippen MR) is 130 cm³/mol. The zero-order valence-electron chi connectivity index (χ0n) is 21.0. The molecular formula is C28H36O6. The molecule has 0 fully saturated rings. The Bertz CT molecular complexity index is 919. The summed E-state index contributed by atoms with van der Waals surface area (Å²) in [5.41, 5.74) is -3.38. The van der Waals surface area contributed by atoms with Gasteiger partial charge in [0, 0.05) is 0 Å². The minimum atomic E-state index is -2.06. The number of hydrogen-bond acceptors (Lipinski definition) is 5. The number of carboxylic acid groups (broad SMARTS) is 1. The fourth-order valence-corrected chi connectivity index (χ4v) is 4.31. The summed E-state index contributed by atoms with van der Waals surface area (Å²) >= 11 is 0. The molecule has 0 aliphatic heterocycles. The van der Waals surface area contributed by atoms with E-state index in [0.29, 0.717) is 0 Å². The van der Waals surface area contributed by atoms with Gasteiger partial charge in [-0.2, -0.15) is 0 Å². The number of carbonyl (C=O) groups excluding carboxylic acids is 2. The molecule has 6 heteroatoms. The van der Waals surface area contributed by atoms with Crippen LogP contribution < -0.4 is 0 Å². The number of ether oxygens (including phenoxy) is 2. The Kier molecular flexibility index (Phi) is 8.65. The van der Waals surface area contributed by atoms with Gasteiger partial charge in [0.2, 0.25) is 0 Å². The Morgan fingerprint density at radius 3 is 1.44 bits per heavy atom. The number of carboxylic acids is 1. The van der Waals surface area contributed by atoms with Crippen LogP contribution in [0, 0.1) is 22.2 Å². The second-order valence-corrected chi connectivity index (χ2v) is 10.3. The van der Waals surface area contributed by atoms with Crippen molar-refractivity contribution in [1.82, 2.24) is 0 Å². The molecule has 0 aliphatic carbocycles. The monoisotopic (exact) mass is 468 g/mol. The molecule has 0 radical (unpaired) electrons. The van der Waals surface area contributed by atoms with Gasteiger partial charge in [-0.15, -0.1) is 0 Å². The minimum Gasteiger partial charge on any atom is -0.481 e. The highest BCUT2D eigenvalue weighted by Crippen LogP contribution is 2.56. The summed E-state index contributed by atoms with van der Waals surface area (Å²) in [7, 11) is 0. The number of carbonyl (C=O) groups is 3. The molecule has 0 bridgehead atoms. The molecule has 2 aromatic rings. The summed E-state index contributed by atoms with van der Waals surface area (Å²) in [4.78, 5) is 40.5. The zero-order valence-corrected chi connectivity index (χ0v) is 21.0. The second-order valence-electron chi connectivity index (χ2n) is 10.3. The van der Waals surface area contributed by atoms with Crippen LogP contribution in [0.1, 0.15) is 59.1 Å². The van der Waals surface area contributed by atoms with E-state index in [1.165, 1.54) is 6.92 Å². The maximum absolute atomic E-state index is 13.8. The van der Waals surface area contributed by atoms with Crippen LogP contribution >= 0.6 is 0 Å². The quantitative estimate of drug-likeness (QED) is 0.358. The molecule has 0 aromatic heterocycles. The molecule has 184 valence electrons. The summed E-state index contributed by atoms with van der Waals surface area (Å²) in [6.07, 6.45) is -0.0334. The number of esters is 2. The van der Waals surface area contributed by atoms with E-state index >= 15 is 0 Å². The van der Waals surface area contributed by atoms with Crippen molar-refractivity contribution in [2.75, 3.05) is 0 Å². The van der Waals surface area contributed by atoms with E-state index in [1.54, 1.807) is 45.0 Å². The highest BCUT2D eigenvalue weighted by atomic mass is 16.6. The highest BCUT2D eigenvalue weighted by Gasteiger charge is 2.69. The van der Waals surface area contributed by atoms with E-state index in [0.717, 1.165) is 11.1 Å². The molecule has 0 aliphatic rings. The lowest BCUT2D eigenvalue weighted by molar-refractivity contribution is -0.204. The van der Waals surface area contributed by atoms with Crippen molar-refractivity contribution in [2.45, 2.75) is 61.2 Å². The van der Waals surface area contributed by atoms with Gasteiger partial charge < -0.3 is 14.6 Å². The summed E-state index contributed by atoms with van der Waals surface area (Å²) < 4.78 is 11.3. The molecule has 0 spiro atoms. The third-order valence-corrected chi connectivity index (χ3v) is 6.62. The van der Waals surface area contributed by atoms with Gasteiger partial charge >= 0.3 is 17.9 Å². The number of benzene rings is 2. The Hall–Kier alpha value is -3.15. The number of rotatable bonds is 10. The maximum atomic E-state index is 13.8. The van der Waals surface area contributed by atoms with E-state index < -0.39 is 34.2 Å². The Morgan fingerprint density at radius 2 is 1.15 bits per heavy atom. The van der Waals surface area contributed by atoms with Crippen molar-refractivity contribution in [3.63, 3.8) is 0 Å². The van der Waals surface area contributed by atoms with Gasteiger partial charge in [0.25, 0.3) is 0 Å². The first kappa shape index (κ1) is 27.1. The van der Waals surface area contributed by atoms with Gasteiger partial charge in [0.1, 0.15) is 13.2 Å². The molecule has 2 aromatic carbocycles. The van der Waals surface area contributed by atoms with Gasteiger partial charge in [-0.05, 0) is 35.8 Å². The average Bonchev–Trinajstić information content (AvgIpc) is 2.79. The molecule has 0 heterocycles. The van der Waals surface area contributed by atoms with Crippen LogP contribution in [-0.2, 0) is 37.1 Å². The Balaban J connectivity index is 2.59. The van der Waals surface area contributed by atoms with Crippen LogP contribution in [0.15, 0.2) is 60.7 Å². The molecule has 0 unspecified atom stereocenters. The van der Waals surface area contributed by atoms with Crippen molar-refractivity contribution in [2.24, 2.45) is 22.2 Å². The minimum absolute atomic E-state index is 0.0334. The van der Waals surface area contributed by atoms with E-state index in [2.05, 4.69) is 0 Å². The lowest BCUT2D eigenvalue weighted by Gasteiger charge is -2.49. The van der Waals surface area contributed by atoms with E-state index in [4.69, 9.17) is 9.47 Å². The fourth-order valence-electron chi connectivity index (χ4n) is 4.31. The smallest absolute Gasteiger partial charge is 0.325 e. The first-order chi connectivity index (χ1) is 15.9. The number of hydrogen-bond donors (Lipinski definition) is 1. The normalized spacial score (nSPS) is 13.7. The molecule has 0 saturated heterocycles. The van der Waals surface area contributed by atoms with Crippen molar-refractivity contribution in [1.29, 1.82) is 0 Å². The topological polar surface area (TPSA) is 89.9 Å². The van der Waals surface area contributed by atoms with E-state index in [9.17, 15) is 19.5 Å². The molecule has 0 amide bonds. The van der Waals surface area contributed by atoms with Gasteiger partial charge in [-0.3, -0.25) is 14.4 Å². The molecule has 0 saturated carbocycles. The zero-order chi connectivity index (χ0) is 25.6. The van der Waals surface area contributed by atoms with Crippen LogP contribution in [0.25, 0.3) is 0 Å². The summed E-state index contributed by atoms with van der Waals surface area (Å²) in [6.45, 7) is 10.1. The first-order valence-electron chi connectivity index (χ1n) is 11.5. The summed E-state index contributed by atoms with van der Waals surface area (Å²) in [5, 5.41) is 10.5. The fraction of sp³-hybridized carbons (Fsp3) is 0.464. The van der Waals surface area contributed by atoms with Gasteiger partial charge in [-0.1, -0.05) is 95.3 Å². The van der Waals surface area contributed by atoms with Crippen LogP contribution in [0.2, 0.25) is 0 Å². The number of aliphatic carboxylic acids is 1. The van der Waals surface area contributed by atoms with Crippen molar-refractivity contribution >= 4 is 17.9 Å². The highest BCUT2D eigenvalue weighted by molar-refractivity contribution is 6.05. The summed E-state index contributed by atoms with van der Waals surface area (Å²) in [5.74, 6) is -3.21. The Labute approximate surface area is 202 Å². The van der Waals surface area contributed by atoms with Crippen molar-refractivity contribution < 1.29 is 29.0 Å². The van der Waals surface area contributed by atoms with Crippen LogP contribution in [0.5, 0.6) is 0 Å². The van der Waals surface area contributed by atoms with E-state index in [-0.39, 0.29) is 25.6 Å². The molecule has 1 atom stereocenters. The molecule has 2 rings (SSSR count). The van der Waals surface area contributed by atoms with Crippen LogP contribution in [0.4, 0.5) is 0 Å². The van der Waals surface area contributed by atoms with E-state index in [1.807, 2.05) is 50.2 Å². The van der Waals surface area contributed by atoms with Gasteiger partial charge in [-0.25, -0.2) is 0 Å².